The van der Waals surface area contributed by atoms with E-state index in [1.807, 2.05) is 6.07 Å². The Morgan fingerprint density at radius 1 is 1.33 bits per heavy atom. The maximum Gasteiger partial charge on any atom is 0.124 e. The molecule has 1 aromatic carbocycles. The number of nitrogens with one attached hydrogen (secondary N) is 1. The largest absolute Gasteiger partial charge is 0.316 e. The van der Waals surface area contributed by atoms with E-state index < -0.39 is 0 Å². The van der Waals surface area contributed by atoms with Crippen molar-refractivity contribution in [3.8, 4) is 0 Å². The Bertz CT molecular complexity index is 368. The van der Waals surface area contributed by atoms with Gasteiger partial charge in [-0.2, -0.15) is 0 Å². The fourth-order valence-electron chi connectivity index (χ4n) is 2.14. The first-order chi connectivity index (χ1) is 8.60. The first kappa shape index (κ1) is 15.5. The highest BCUT2D eigenvalue weighted by Crippen LogP contribution is 2.32. The molecule has 0 aliphatic rings. The zero-order chi connectivity index (χ0) is 13.5. The Balaban J connectivity index is 2.87. The van der Waals surface area contributed by atoms with Crippen LogP contribution in [-0.4, -0.2) is 13.1 Å². The quantitative estimate of drug-likeness (QED) is 0.714. The van der Waals surface area contributed by atoms with Crippen LogP contribution in [0.15, 0.2) is 18.2 Å². The molecule has 1 N–H and O–H groups in total. The number of halogens is 2. The predicted molar refractivity (Wildman–Crippen MR) is 76.8 cm³/mol. The third-order valence-corrected chi connectivity index (χ3v) is 3.81. The highest BCUT2D eigenvalue weighted by Gasteiger charge is 2.20. The van der Waals surface area contributed by atoms with E-state index in [0.29, 0.717) is 16.9 Å². The first-order valence-corrected chi connectivity index (χ1v) is 7.13. The summed E-state index contributed by atoms with van der Waals surface area (Å²) >= 11 is 6.17. The monoisotopic (exact) mass is 271 g/mol. The van der Waals surface area contributed by atoms with Crippen LogP contribution in [0.25, 0.3) is 0 Å². The lowest BCUT2D eigenvalue weighted by Crippen LogP contribution is -2.26. The molecule has 18 heavy (non-hydrogen) atoms. The number of hydrogen-bond donors (Lipinski definition) is 1. The maximum absolute atomic E-state index is 13.1. The normalized spacial score (nSPS) is 14.5. The smallest absolute Gasteiger partial charge is 0.124 e. The predicted octanol–water partition coefficient (Wildman–Crippen LogP) is 4.61. The molecular formula is C15H23ClFN. The zero-order valence-corrected chi connectivity index (χ0v) is 12.2. The van der Waals surface area contributed by atoms with Crippen LogP contribution in [0.5, 0.6) is 0 Å². The molecule has 1 aromatic rings. The van der Waals surface area contributed by atoms with Crippen molar-refractivity contribution < 1.29 is 4.39 Å². The van der Waals surface area contributed by atoms with Gasteiger partial charge >= 0.3 is 0 Å². The molecule has 0 saturated carbocycles. The molecule has 102 valence electrons. The minimum atomic E-state index is -0.270. The van der Waals surface area contributed by atoms with E-state index in [1.54, 1.807) is 0 Å². The second kappa shape index (κ2) is 7.75. The van der Waals surface area contributed by atoms with Gasteiger partial charge in [-0.15, -0.1) is 0 Å². The van der Waals surface area contributed by atoms with Gasteiger partial charge in [0.05, 0.1) is 0 Å². The molecule has 0 bridgehead atoms. The molecule has 3 heteroatoms. The van der Waals surface area contributed by atoms with Crippen LogP contribution in [0.3, 0.4) is 0 Å². The van der Waals surface area contributed by atoms with Crippen LogP contribution in [0.1, 0.15) is 45.1 Å². The van der Waals surface area contributed by atoms with Gasteiger partial charge in [-0.05, 0) is 36.6 Å². The molecule has 2 unspecified atom stereocenters. The van der Waals surface area contributed by atoms with Crippen LogP contribution in [0.4, 0.5) is 4.39 Å². The molecule has 1 nitrogen and oxygen atoms in total. The highest BCUT2D eigenvalue weighted by atomic mass is 35.5. The van der Waals surface area contributed by atoms with E-state index in [2.05, 4.69) is 26.1 Å². The summed E-state index contributed by atoms with van der Waals surface area (Å²) in [7, 11) is 0. The van der Waals surface area contributed by atoms with Gasteiger partial charge in [0.2, 0.25) is 0 Å². The van der Waals surface area contributed by atoms with Crippen LogP contribution in [0, 0.1) is 11.7 Å². The van der Waals surface area contributed by atoms with Crippen LogP contribution < -0.4 is 5.32 Å². The van der Waals surface area contributed by atoms with E-state index in [1.165, 1.54) is 12.1 Å². The summed E-state index contributed by atoms with van der Waals surface area (Å²) in [5.74, 6) is 0.597. The van der Waals surface area contributed by atoms with Crippen molar-refractivity contribution in [3.63, 3.8) is 0 Å². The summed E-state index contributed by atoms with van der Waals surface area (Å²) in [6.45, 7) is 8.45. The van der Waals surface area contributed by atoms with Gasteiger partial charge in [0, 0.05) is 17.5 Å². The molecular weight excluding hydrogens is 249 g/mol. The Morgan fingerprint density at radius 3 is 2.61 bits per heavy atom. The summed E-state index contributed by atoms with van der Waals surface area (Å²) in [5, 5.41) is 3.98. The molecule has 0 amide bonds. The zero-order valence-electron chi connectivity index (χ0n) is 11.5. The molecule has 0 aromatic heterocycles. The summed E-state index contributed by atoms with van der Waals surface area (Å²) < 4.78 is 13.1. The number of benzene rings is 1. The van der Waals surface area contributed by atoms with E-state index >= 15 is 0 Å². The molecule has 2 atom stereocenters. The van der Waals surface area contributed by atoms with Crippen molar-refractivity contribution in [2.24, 2.45) is 5.92 Å². The molecule has 0 saturated heterocycles. The summed E-state index contributed by atoms with van der Waals surface area (Å²) in [6.07, 6.45) is 2.20. The standard InChI is InChI=1S/C15H23ClFN/c1-4-8-18-10-14(11(3)5-2)13-7-6-12(17)9-15(13)16/h6-7,9,11,14,18H,4-5,8,10H2,1-3H3. The third-order valence-electron chi connectivity index (χ3n) is 3.48. The van der Waals surface area contributed by atoms with Crippen molar-refractivity contribution in [2.75, 3.05) is 13.1 Å². The lowest BCUT2D eigenvalue weighted by Gasteiger charge is -2.25. The Labute approximate surface area is 115 Å². The topological polar surface area (TPSA) is 12.0 Å². The van der Waals surface area contributed by atoms with Gasteiger partial charge in [-0.1, -0.05) is 44.9 Å². The lowest BCUT2D eigenvalue weighted by molar-refractivity contribution is 0.420. The summed E-state index contributed by atoms with van der Waals surface area (Å²) in [6, 6.07) is 4.73. The molecule has 0 spiro atoms. The first-order valence-electron chi connectivity index (χ1n) is 6.75. The molecule has 0 aliphatic heterocycles. The molecule has 0 aliphatic carbocycles. The molecule has 0 radical (unpaired) electrons. The Morgan fingerprint density at radius 2 is 2.06 bits per heavy atom. The maximum atomic E-state index is 13.1. The Kier molecular flexibility index (Phi) is 6.66. The van der Waals surface area contributed by atoms with E-state index in [-0.39, 0.29) is 5.82 Å². The lowest BCUT2D eigenvalue weighted by atomic mass is 9.85. The third kappa shape index (κ3) is 4.25. The van der Waals surface area contributed by atoms with Crippen LogP contribution >= 0.6 is 11.6 Å². The van der Waals surface area contributed by atoms with Crippen LogP contribution in [0.2, 0.25) is 5.02 Å². The average Bonchev–Trinajstić information content (AvgIpc) is 2.35. The highest BCUT2D eigenvalue weighted by molar-refractivity contribution is 6.31. The van der Waals surface area contributed by atoms with Crippen molar-refractivity contribution in [3.05, 3.63) is 34.6 Å². The van der Waals surface area contributed by atoms with Crippen molar-refractivity contribution >= 4 is 11.6 Å². The van der Waals surface area contributed by atoms with E-state index in [4.69, 9.17) is 11.6 Å². The van der Waals surface area contributed by atoms with Gasteiger partial charge < -0.3 is 5.32 Å². The molecule has 0 fully saturated rings. The summed E-state index contributed by atoms with van der Waals surface area (Å²) in [4.78, 5) is 0. The van der Waals surface area contributed by atoms with Gasteiger partial charge in [-0.3, -0.25) is 0 Å². The minimum Gasteiger partial charge on any atom is -0.316 e. The van der Waals surface area contributed by atoms with Gasteiger partial charge in [0.1, 0.15) is 5.82 Å². The minimum absolute atomic E-state index is 0.270. The van der Waals surface area contributed by atoms with E-state index in [9.17, 15) is 4.39 Å². The molecule has 1 rings (SSSR count). The van der Waals surface area contributed by atoms with Gasteiger partial charge in [0.25, 0.3) is 0 Å². The SMILES string of the molecule is CCCNCC(c1ccc(F)cc1Cl)C(C)CC. The number of hydrogen-bond acceptors (Lipinski definition) is 1. The van der Waals surface area contributed by atoms with Crippen molar-refractivity contribution in [1.82, 2.24) is 5.32 Å². The second-order valence-electron chi connectivity index (χ2n) is 4.86. The molecule has 0 heterocycles. The van der Waals surface area contributed by atoms with E-state index in [0.717, 1.165) is 31.5 Å². The average molecular weight is 272 g/mol. The summed E-state index contributed by atoms with van der Waals surface area (Å²) in [5.41, 5.74) is 1.05. The van der Waals surface area contributed by atoms with Crippen LogP contribution in [-0.2, 0) is 0 Å². The number of rotatable bonds is 7. The van der Waals surface area contributed by atoms with Gasteiger partial charge in [-0.25, -0.2) is 4.39 Å². The van der Waals surface area contributed by atoms with Crippen molar-refractivity contribution in [2.45, 2.75) is 39.5 Å². The fraction of sp³-hybridized carbons (Fsp3) is 0.600. The fourth-order valence-corrected chi connectivity index (χ4v) is 2.45. The van der Waals surface area contributed by atoms with Crippen molar-refractivity contribution in [1.29, 1.82) is 0 Å². The van der Waals surface area contributed by atoms with Gasteiger partial charge in [0.15, 0.2) is 0 Å². The Hall–Kier alpha value is -0.600. The second-order valence-corrected chi connectivity index (χ2v) is 5.27.